The number of aromatic nitrogens is 4. The Labute approximate surface area is 111 Å². The van der Waals surface area contributed by atoms with E-state index in [0.29, 0.717) is 28.7 Å². The number of ether oxygens (including phenoxy) is 1. The Morgan fingerprint density at radius 2 is 2.33 bits per heavy atom. The summed E-state index contributed by atoms with van der Waals surface area (Å²) >= 11 is 3.35. The average Bonchev–Trinajstić information content (AvgIpc) is 2.93. The summed E-state index contributed by atoms with van der Waals surface area (Å²) in [5, 5.41) is 10.7. The Morgan fingerprint density at radius 3 is 3.06 bits per heavy atom. The number of aliphatic hydroxyl groups excluding tert-OH is 1. The van der Waals surface area contributed by atoms with Crippen molar-refractivity contribution < 1.29 is 9.84 Å². The van der Waals surface area contributed by atoms with Crippen molar-refractivity contribution in [3.63, 3.8) is 0 Å². The number of hydrogen-bond donors (Lipinski definition) is 2. The second kappa shape index (κ2) is 4.45. The lowest BCUT2D eigenvalue weighted by atomic mass is 10.2. The molecule has 1 aliphatic heterocycles. The molecule has 8 heteroatoms. The van der Waals surface area contributed by atoms with Crippen molar-refractivity contribution in [1.82, 2.24) is 19.5 Å². The van der Waals surface area contributed by atoms with Crippen LogP contribution in [0.3, 0.4) is 0 Å². The zero-order chi connectivity index (χ0) is 12.7. The van der Waals surface area contributed by atoms with E-state index in [1.807, 2.05) is 0 Å². The summed E-state index contributed by atoms with van der Waals surface area (Å²) in [7, 11) is 0. The van der Waals surface area contributed by atoms with E-state index in [1.165, 1.54) is 6.33 Å². The SMILES string of the molecule is Nc1ncnc2c1ncn2C1OC(CBr)CC1O. The highest BCUT2D eigenvalue weighted by Crippen LogP contribution is 2.31. The number of anilines is 1. The quantitative estimate of drug-likeness (QED) is 0.781. The average molecular weight is 314 g/mol. The van der Waals surface area contributed by atoms with Gasteiger partial charge >= 0.3 is 0 Å². The molecular formula is C10H12BrN5O2. The van der Waals surface area contributed by atoms with Crippen molar-refractivity contribution in [2.75, 3.05) is 11.1 Å². The third-order valence-electron chi connectivity index (χ3n) is 3.00. The molecule has 2 aromatic heterocycles. The Kier molecular flexibility index (Phi) is 2.92. The second-order valence-corrected chi connectivity index (χ2v) is 4.84. The number of rotatable bonds is 2. The highest BCUT2D eigenvalue weighted by molar-refractivity contribution is 9.09. The number of alkyl halides is 1. The highest BCUT2D eigenvalue weighted by atomic mass is 79.9. The van der Waals surface area contributed by atoms with Gasteiger partial charge in [0.15, 0.2) is 17.7 Å². The van der Waals surface area contributed by atoms with Crippen LogP contribution < -0.4 is 5.73 Å². The molecule has 0 aliphatic carbocycles. The zero-order valence-electron chi connectivity index (χ0n) is 9.40. The predicted octanol–water partition coefficient (Wildman–Crippen LogP) is 0.452. The molecule has 3 heterocycles. The lowest BCUT2D eigenvalue weighted by Gasteiger charge is -2.16. The molecule has 3 N–H and O–H groups in total. The molecule has 1 saturated heterocycles. The monoisotopic (exact) mass is 313 g/mol. The van der Waals surface area contributed by atoms with Crippen molar-refractivity contribution in [2.45, 2.75) is 24.9 Å². The molecule has 0 saturated carbocycles. The Morgan fingerprint density at radius 1 is 1.50 bits per heavy atom. The van der Waals surface area contributed by atoms with E-state index in [-0.39, 0.29) is 6.10 Å². The van der Waals surface area contributed by atoms with Gasteiger partial charge in [-0.15, -0.1) is 0 Å². The number of fused-ring (bicyclic) bond motifs is 1. The van der Waals surface area contributed by atoms with E-state index in [1.54, 1.807) is 10.9 Å². The second-order valence-electron chi connectivity index (χ2n) is 4.19. The molecule has 0 amide bonds. The first-order chi connectivity index (χ1) is 8.70. The molecule has 1 fully saturated rings. The number of aliphatic hydroxyl groups is 1. The molecule has 3 unspecified atom stereocenters. The molecule has 2 aromatic rings. The third kappa shape index (κ3) is 1.76. The van der Waals surface area contributed by atoms with Crippen LogP contribution >= 0.6 is 15.9 Å². The van der Waals surface area contributed by atoms with Crippen LogP contribution in [0.1, 0.15) is 12.6 Å². The summed E-state index contributed by atoms with van der Waals surface area (Å²) < 4.78 is 7.44. The number of imidazole rings is 1. The van der Waals surface area contributed by atoms with E-state index >= 15 is 0 Å². The van der Waals surface area contributed by atoms with Gasteiger partial charge in [0.1, 0.15) is 17.9 Å². The van der Waals surface area contributed by atoms with Crippen molar-refractivity contribution in [3.05, 3.63) is 12.7 Å². The lowest BCUT2D eigenvalue weighted by molar-refractivity contribution is -0.0282. The van der Waals surface area contributed by atoms with E-state index < -0.39 is 12.3 Å². The summed E-state index contributed by atoms with van der Waals surface area (Å²) in [5.74, 6) is 0.322. The summed E-state index contributed by atoms with van der Waals surface area (Å²) in [6.45, 7) is 0. The minimum Gasteiger partial charge on any atom is -0.388 e. The van der Waals surface area contributed by atoms with Crippen molar-refractivity contribution in [1.29, 1.82) is 0 Å². The first kappa shape index (κ1) is 11.8. The molecule has 0 bridgehead atoms. The van der Waals surface area contributed by atoms with Crippen LogP contribution in [0, 0.1) is 0 Å². The molecule has 0 aromatic carbocycles. The van der Waals surface area contributed by atoms with E-state index in [2.05, 4.69) is 30.9 Å². The topological polar surface area (TPSA) is 99.1 Å². The lowest BCUT2D eigenvalue weighted by Crippen LogP contribution is -2.19. The molecule has 3 atom stereocenters. The summed E-state index contributed by atoms with van der Waals surface area (Å²) in [4.78, 5) is 12.2. The first-order valence-corrected chi connectivity index (χ1v) is 6.65. The Hall–Kier alpha value is -1.25. The fourth-order valence-corrected chi connectivity index (χ4v) is 2.55. The van der Waals surface area contributed by atoms with Gasteiger partial charge in [0, 0.05) is 11.8 Å². The normalized spacial score (nSPS) is 28.0. The first-order valence-electron chi connectivity index (χ1n) is 5.53. The highest BCUT2D eigenvalue weighted by Gasteiger charge is 2.35. The maximum atomic E-state index is 10.0. The maximum absolute atomic E-state index is 10.0. The van der Waals surface area contributed by atoms with Crippen LogP contribution in [0.5, 0.6) is 0 Å². The van der Waals surface area contributed by atoms with Crippen LogP contribution in [0.4, 0.5) is 5.82 Å². The van der Waals surface area contributed by atoms with E-state index in [4.69, 9.17) is 10.5 Å². The number of nitrogen functional groups attached to an aromatic ring is 1. The van der Waals surface area contributed by atoms with Crippen molar-refractivity contribution in [3.8, 4) is 0 Å². The number of nitrogens with zero attached hydrogens (tertiary/aromatic N) is 4. The molecule has 18 heavy (non-hydrogen) atoms. The van der Waals surface area contributed by atoms with Crippen molar-refractivity contribution in [2.24, 2.45) is 0 Å². The summed E-state index contributed by atoms with van der Waals surface area (Å²) in [5.41, 5.74) is 6.81. The number of nitrogens with two attached hydrogens (primary N) is 1. The number of halogens is 1. The fourth-order valence-electron chi connectivity index (χ4n) is 2.14. The van der Waals surface area contributed by atoms with Crippen LogP contribution in [-0.4, -0.2) is 42.2 Å². The third-order valence-corrected chi connectivity index (χ3v) is 3.72. The minimum atomic E-state index is -0.582. The maximum Gasteiger partial charge on any atom is 0.167 e. The molecule has 1 aliphatic rings. The minimum absolute atomic E-state index is 0.0124. The molecule has 0 radical (unpaired) electrons. The van der Waals surface area contributed by atoms with Gasteiger partial charge in [0.2, 0.25) is 0 Å². The molecule has 7 nitrogen and oxygen atoms in total. The van der Waals surface area contributed by atoms with Gasteiger partial charge in [-0.1, -0.05) is 15.9 Å². The molecule has 0 spiro atoms. The zero-order valence-corrected chi connectivity index (χ0v) is 11.0. The van der Waals surface area contributed by atoms with Crippen LogP contribution in [0.25, 0.3) is 11.2 Å². The molecule has 96 valence electrons. The van der Waals surface area contributed by atoms with E-state index in [0.717, 1.165) is 0 Å². The predicted molar refractivity (Wildman–Crippen MR) is 68.1 cm³/mol. The van der Waals surface area contributed by atoms with Gasteiger partial charge in [-0.25, -0.2) is 15.0 Å². The molecular weight excluding hydrogens is 302 g/mol. The van der Waals surface area contributed by atoms with Gasteiger partial charge in [-0.3, -0.25) is 4.57 Å². The summed E-state index contributed by atoms with van der Waals surface area (Å²) in [6.07, 6.45) is 2.45. The van der Waals surface area contributed by atoms with Crippen LogP contribution in [0.15, 0.2) is 12.7 Å². The smallest absolute Gasteiger partial charge is 0.167 e. The van der Waals surface area contributed by atoms with Gasteiger partial charge in [-0.2, -0.15) is 0 Å². The van der Waals surface area contributed by atoms with Gasteiger partial charge < -0.3 is 15.6 Å². The van der Waals surface area contributed by atoms with Gasteiger partial charge in [0.05, 0.1) is 12.4 Å². The Bertz CT molecular complexity index is 574. The van der Waals surface area contributed by atoms with Gasteiger partial charge in [0.25, 0.3) is 0 Å². The number of hydrogen-bond acceptors (Lipinski definition) is 6. The van der Waals surface area contributed by atoms with E-state index in [9.17, 15) is 5.11 Å². The van der Waals surface area contributed by atoms with Crippen LogP contribution in [-0.2, 0) is 4.74 Å². The fraction of sp³-hybridized carbons (Fsp3) is 0.500. The standard InChI is InChI=1S/C10H12BrN5O2/c11-2-5-1-6(17)10(18-5)16-4-15-7-8(12)13-3-14-9(7)16/h3-6,10,17H,1-2H2,(H2,12,13,14). The largest absolute Gasteiger partial charge is 0.388 e. The summed E-state index contributed by atoms with van der Waals surface area (Å²) in [6, 6.07) is 0. The van der Waals surface area contributed by atoms with Crippen LogP contribution in [0.2, 0.25) is 0 Å². The molecule has 3 rings (SSSR count). The van der Waals surface area contributed by atoms with Gasteiger partial charge in [-0.05, 0) is 0 Å². The Balaban J connectivity index is 2.02. The van der Waals surface area contributed by atoms with Crippen molar-refractivity contribution >= 4 is 32.9 Å².